The van der Waals surface area contributed by atoms with Crippen LogP contribution in [-0.2, 0) is 12.8 Å². The van der Waals surface area contributed by atoms with Gasteiger partial charge >= 0.3 is 0 Å². The molecule has 2 aliphatic rings. The summed E-state index contributed by atoms with van der Waals surface area (Å²) in [4.78, 5) is 0. The number of aromatic nitrogens is 1. The molecule has 4 heteroatoms. The number of rotatable bonds is 6. The fourth-order valence-corrected chi connectivity index (χ4v) is 5.39. The highest BCUT2D eigenvalue weighted by molar-refractivity contribution is 5.87. The second-order valence-corrected chi connectivity index (χ2v) is 10.1. The van der Waals surface area contributed by atoms with Gasteiger partial charge in [0.2, 0.25) is 0 Å². The zero-order valence-electron chi connectivity index (χ0n) is 23.0. The highest BCUT2D eigenvalue weighted by atomic mass is 15.0. The van der Waals surface area contributed by atoms with Gasteiger partial charge in [-0.15, -0.1) is 0 Å². The molecule has 4 N–H and O–H groups in total. The van der Waals surface area contributed by atoms with E-state index in [1.807, 2.05) is 44.4 Å². The van der Waals surface area contributed by atoms with Crippen LogP contribution in [0, 0.1) is 0 Å². The van der Waals surface area contributed by atoms with Gasteiger partial charge < -0.3 is 20.9 Å². The van der Waals surface area contributed by atoms with Crippen molar-refractivity contribution < 1.29 is 0 Å². The maximum atomic E-state index is 5.96. The SMILES string of the molecule is C/C(N)=C\C(=C/Nc1ccc(-n2c3c(c4ccccc42)CCCC3)cc1)c1ccccc1.CNC1=CCC=C1. The smallest absolute Gasteiger partial charge is 0.0534 e. The van der Waals surface area contributed by atoms with Gasteiger partial charge in [-0.1, -0.05) is 60.7 Å². The Balaban J connectivity index is 0.000000384. The molecule has 4 aromatic rings. The van der Waals surface area contributed by atoms with E-state index in [1.165, 1.54) is 52.8 Å². The normalized spacial score (nSPS) is 14.9. The molecule has 0 atom stereocenters. The van der Waals surface area contributed by atoms with E-state index in [9.17, 15) is 0 Å². The van der Waals surface area contributed by atoms with Gasteiger partial charge in [0.15, 0.2) is 0 Å². The summed E-state index contributed by atoms with van der Waals surface area (Å²) in [5.74, 6) is 0. The van der Waals surface area contributed by atoms with E-state index >= 15 is 0 Å². The topological polar surface area (TPSA) is 55.0 Å². The van der Waals surface area contributed by atoms with E-state index in [1.54, 1.807) is 0 Å². The van der Waals surface area contributed by atoms with Gasteiger partial charge in [-0.2, -0.15) is 0 Å². The van der Waals surface area contributed by atoms with Gasteiger partial charge in [-0.3, -0.25) is 0 Å². The number of para-hydroxylation sites is 1. The van der Waals surface area contributed by atoms with Gasteiger partial charge in [0, 0.05) is 47.1 Å². The van der Waals surface area contributed by atoms with Gasteiger partial charge in [-0.25, -0.2) is 0 Å². The highest BCUT2D eigenvalue weighted by Gasteiger charge is 2.20. The van der Waals surface area contributed by atoms with E-state index < -0.39 is 0 Å². The van der Waals surface area contributed by atoms with Gasteiger partial charge in [0.05, 0.1) is 5.52 Å². The molecule has 3 aromatic carbocycles. The number of nitrogens with zero attached hydrogens (tertiary/aromatic N) is 1. The molecule has 0 saturated heterocycles. The minimum atomic E-state index is 0.779. The summed E-state index contributed by atoms with van der Waals surface area (Å²) in [7, 11) is 1.93. The first-order chi connectivity index (χ1) is 19.1. The Morgan fingerprint density at radius 1 is 0.897 bits per heavy atom. The summed E-state index contributed by atoms with van der Waals surface area (Å²) in [6.45, 7) is 1.91. The number of nitrogens with one attached hydrogen (secondary N) is 2. The van der Waals surface area contributed by atoms with Crippen molar-refractivity contribution in [3.8, 4) is 5.69 Å². The lowest BCUT2D eigenvalue weighted by molar-refractivity contribution is 0.667. The fourth-order valence-electron chi connectivity index (χ4n) is 5.39. The lowest BCUT2D eigenvalue weighted by Crippen LogP contribution is -2.06. The summed E-state index contributed by atoms with van der Waals surface area (Å²) in [6.07, 6.45) is 16.4. The molecule has 39 heavy (non-hydrogen) atoms. The van der Waals surface area contributed by atoms with E-state index in [4.69, 9.17) is 5.73 Å². The lowest BCUT2D eigenvalue weighted by Gasteiger charge is -2.16. The zero-order chi connectivity index (χ0) is 27.0. The molecule has 198 valence electrons. The first-order valence-corrected chi connectivity index (χ1v) is 13.9. The summed E-state index contributed by atoms with van der Waals surface area (Å²) in [6, 6.07) is 27.8. The molecule has 2 aliphatic carbocycles. The molecule has 6 rings (SSSR count). The number of hydrogen-bond acceptors (Lipinski definition) is 3. The van der Waals surface area contributed by atoms with Crippen molar-refractivity contribution in [2.45, 2.75) is 39.0 Å². The van der Waals surface area contributed by atoms with Crippen molar-refractivity contribution in [1.29, 1.82) is 0 Å². The molecule has 0 bridgehead atoms. The molecule has 0 unspecified atom stereocenters. The maximum absolute atomic E-state index is 5.96. The quantitative estimate of drug-likeness (QED) is 0.229. The minimum Gasteiger partial charge on any atom is -0.402 e. The van der Waals surface area contributed by atoms with Crippen LogP contribution < -0.4 is 16.4 Å². The van der Waals surface area contributed by atoms with Crippen molar-refractivity contribution in [1.82, 2.24) is 9.88 Å². The first kappa shape index (κ1) is 26.2. The molecule has 0 spiro atoms. The molecule has 0 amide bonds. The van der Waals surface area contributed by atoms with Crippen LogP contribution in [-0.4, -0.2) is 11.6 Å². The van der Waals surface area contributed by atoms with E-state index in [0.717, 1.165) is 35.4 Å². The minimum absolute atomic E-state index is 0.779. The van der Waals surface area contributed by atoms with Crippen molar-refractivity contribution in [2.24, 2.45) is 5.73 Å². The van der Waals surface area contributed by atoms with Gasteiger partial charge in [0.25, 0.3) is 0 Å². The van der Waals surface area contributed by atoms with E-state index in [2.05, 4.69) is 94.1 Å². The molecular weight excluding hydrogens is 476 g/mol. The Kier molecular flexibility index (Phi) is 8.33. The molecule has 0 radical (unpaired) electrons. The predicted octanol–water partition coefficient (Wildman–Crippen LogP) is 7.87. The van der Waals surface area contributed by atoms with E-state index in [0.29, 0.717) is 0 Å². The number of anilines is 1. The predicted molar refractivity (Wildman–Crippen MR) is 167 cm³/mol. The number of aryl methyl sites for hydroxylation is 1. The molecular formula is C35H38N4. The molecule has 0 saturated carbocycles. The first-order valence-electron chi connectivity index (χ1n) is 13.9. The van der Waals surface area contributed by atoms with Crippen molar-refractivity contribution in [3.63, 3.8) is 0 Å². The fraction of sp³-hybridized carbons (Fsp3) is 0.200. The summed E-state index contributed by atoms with van der Waals surface area (Å²) in [5, 5.41) is 7.89. The lowest BCUT2D eigenvalue weighted by atomic mass is 9.95. The molecule has 1 aromatic heterocycles. The highest BCUT2D eigenvalue weighted by Crippen LogP contribution is 2.34. The van der Waals surface area contributed by atoms with Crippen molar-refractivity contribution in [3.05, 3.63) is 138 Å². The van der Waals surface area contributed by atoms with Gasteiger partial charge in [-0.05, 0) is 98.2 Å². The zero-order valence-corrected chi connectivity index (χ0v) is 23.0. The van der Waals surface area contributed by atoms with Crippen LogP contribution in [0.3, 0.4) is 0 Å². The van der Waals surface area contributed by atoms with Crippen molar-refractivity contribution >= 4 is 22.2 Å². The molecule has 1 heterocycles. The van der Waals surface area contributed by atoms with Crippen LogP contribution in [0.15, 0.2) is 121 Å². The monoisotopic (exact) mass is 514 g/mol. The Hall–Kier alpha value is -4.44. The number of nitrogens with two attached hydrogens (primary N) is 1. The largest absolute Gasteiger partial charge is 0.402 e. The van der Waals surface area contributed by atoms with Crippen LogP contribution in [0.4, 0.5) is 5.69 Å². The third-order valence-electron chi connectivity index (χ3n) is 7.25. The standard InChI is InChI=1S/C29H29N3.C6H9N/c1-21(30)19-23(22-9-3-2-4-10-22)20-31-24-15-17-25(18-16-24)32-28-13-7-5-11-26(28)27-12-6-8-14-29(27)32;1-7-6-4-2-3-5-6/h2-5,7,9-11,13,15-20,31H,6,8,12,14,30H2,1H3;2,4-5,7H,3H2,1H3/b21-19+,23-20+;. The maximum Gasteiger partial charge on any atom is 0.0534 e. The summed E-state index contributed by atoms with van der Waals surface area (Å²) in [5.41, 5.74) is 16.8. The third kappa shape index (κ3) is 6.18. The molecule has 4 nitrogen and oxygen atoms in total. The average molecular weight is 515 g/mol. The Bertz CT molecular complexity index is 1530. The molecule has 0 aliphatic heterocycles. The Morgan fingerprint density at radius 2 is 1.64 bits per heavy atom. The van der Waals surface area contributed by atoms with Crippen LogP contribution >= 0.6 is 0 Å². The van der Waals surface area contributed by atoms with E-state index in [-0.39, 0.29) is 0 Å². The average Bonchev–Trinajstić information content (AvgIpc) is 3.63. The number of allylic oxidation sites excluding steroid dienone is 6. The number of fused-ring (bicyclic) bond motifs is 3. The second kappa shape index (κ2) is 12.4. The van der Waals surface area contributed by atoms with Crippen LogP contribution in [0.25, 0.3) is 22.2 Å². The van der Waals surface area contributed by atoms with Crippen LogP contribution in [0.1, 0.15) is 43.0 Å². The Labute approximate surface area is 232 Å². The van der Waals surface area contributed by atoms with Crippen molar-refractivity contribution in [2.75, 3.05) is 12.4 Å². The summed E-state index contributed by atoms with van der Waals surface area (Å²) >= 11 is 0. The summed E-state index contributed by atoms with van der Waals surface area (Å²) < 4.78 is 2.46. The van der Waals surface area contributed by atoms with Crippen LogP contribution in [0.2, 0.25) is 0 Å². The number of benzene rings is 3. The third-order valence-corrected chi connectivity index (χ3v) is 7.25. The molecule has 0 fully saturated rings. The number of likely N-dealkylation sites (N-methyl/N-ethyl adjacent to an activating group) is 1. The second-order valence-electron chi connectivity index (χ2n) is 10.1. The van der Waals surface area contributed by atoms with Gasteiger partial charge in [0.1, 0.15) is 0 Å². The van der Waals surface area contributed by atoms with Crippen LogP contribution in [0.5, 0.6) is 0 Å². The number of hydrogen-bond donors (Lipinski definition) is 3. The Morgan fingerprint density at radius 3 is 2.33 bits per heavy atom.